The number of aromatic nitrogens is 1. The molecule has 1 aromatic heterocycles. The zero-order valence-electron chi connectivity index (χ0n) is 13.2. The van der Waals surface area contributed by atoms with Gasteiger partial charge in [-0.25, -0.2) is 4.98 Å². The number of hydrogen-bond acceptors (Lipinski definition) is 4. The highest BCUT2D eigenvalue weighted by Gasteiger charge is 2.20. The summed E-state index contributed by atoms with van der Waals surface area (Å²) in [5, 5.41) is 6.06. The van der Waals surface area contributed by atoms with Crippen LogP contribution in [0.15, 0.2) is 41.8 Å². The molecular formula is C18H21N3OS. The first-order valence-corrected chi connectivity index (χ1v) is 8.79. The molecule has 1 aromatic carbocycles. The Kier molecular flexibility index (Phi) is 5.08. The molecule has 0 aliphatic carbocycles. The Morgan fingerprint density at radius 1 is 1.30 bits per heavy atom. The van der Waals surface area contributed by atoms with Crippen molar-refractivity contribution in [2.24, 2.45) is 0 Å². The van der Waals surface area contributed by atoms with Crippen molar-refractivity contribution in [3.05, 3.63) is 52.5 Å². The van der Waals surface area contributed by atoms with Gasteiger partial charge in [0.1, 0.15) is 0 Å². The molecule has 0 bridgehead atoms. The van der Waals surface area contributed by atoms with Gasteiger partial charge in [-0.3, -0.25) is 4.79 Å². The van der Waals surface area contributed by atoms with E-state index in [-0.39, 0.29) is 11.9 Å². The summed E-state index contributed by atoms with van der Waals surface area (Å²) in [6.07, 6.45) is 5.31. The van der Waals surface area contributed by atoms with Crippen LogP contribution in [0.2, 0.25) is 0 Å². The standard InChI is InChI=1S/C18H21N3OS/c1-14-19-16(13-23-14)7-8-18(22)20-15-9-11-21(12-10-15)17-5-3-2-4-6-17/h2-8,13,15H,9-12H2,1H3,(H,20,22)/b8-7-. The Bertz CT molecular complexity index is 673. The molecule has 1 aliphatic heterocycles. The number of nitrogens with one attached hydrogen (secondary N) is 1. The lowest BCUT2D eigenvalue weighted by molar-refractivity contribution is -0.117. The number of para-hydroxylation sites is 1. The van der Waals surface area contributed by atoms with Crippen molar-refractivity contribution in [3.8, 4) is 0 Å². The number of anilines is 1. The molecule has 0 atom stereocenters. The summed E-state index contributed by atoms with van der Waals surface area (Å²) in [6, 6.07) is 10.7. The molecule has 120 valence electrons. The van der Waals surface area contributed by atoms with Gasteiger partial charge in [0.15, 0.2) is 0 Å². The molecule has 1 fully saturated rings. The summed E-state index contributed by atoms with van der Waals surface area (Å²) in [7, 11) is 0. The number of amides is 1. The second-order valence-electron chi connectivity index (χ2n) is 5.73. The van der Waals surface area contributed by atoms with Crippen molar-refractivity contribution in [2.75, 3.05) is 18.0 Å². The van der Waals surface area contributed by atoms with Gasteiger partial charge < -0.3 is 10.2 Å². The lowest BCUT2D eigenvalue weighted by atomic mass is 10.0. The van der Waals surface area contributed by atoms with E-state index in [0.29, 0.717) is 0 Å². The van der Waals surface area contributed by atoms with E-state index in [0.717, 1.165) is 36.6 Å². The van der Waals surface area contributed by atoms with Crippen LogP contribution in [0.5, 0.6) is 0 Å². The topological polar surface area (TPSA) is 45.2 Å². The average Bonchev–Trinajstić information content (AvgIpc) is 3.00. The summed E-state index contributed by atoms with van der Waals surface area (Å²) in [4.78, 5) is 18.7. The summed E-state index contributed by atoms with van der Waals surface area (Å²) in [6.45, 7) is 3.91. The van der Waals surface area contributed by atoms with Crippen LogP contribution in [0.3, 0.4) is 0 Å². The quantitative estimate of drug-likeness (QED) is 0.877. The van der Waals surface area contributed by atoms with Crippen molar-refractivity contribution >= 4 is 29.0 Å². The summed E-state index contributed by atoms with van der Waals surface area (Å²) >= 11 is 1.59. The smallest absolute Gasteiger partial charge is 0.244 e. The largest absolute Gasteiger partial charge is 0.371 e. The van der Waals surface area contributed by atoms with Gasteiger partial charge in [0.2, 0.25) is 5.91 Å². The van der Waals surface area contributed by atoms with E-state index in [1.807, 2.05) is 18.4 Å². The first kappa shape index (κ1) is 15.7. The summed E-state index contributed by atoms with van der Waals surface area (Å²) < 4.78 is 0. The minimum atomic E-state index is -0.0335. The van der Waals surface area contributed by atoms with Crippen molar-refractivity contribution < 1.29 is 4.79 Å². The first-order chi connectivity index (χ1) is 11.2. The molecule has 0 spiro atoms. The number of thiazole rings is 1. The van der Waals surface area contributed by atoms with Crippen molar-refractivity contribution in [1.29, 1.82) is 0 Å². The molecule has 1 amide bonds. The number of carbonyl (C=O) groups is 1. The highest BCUT2D eigenvalue weighted by molar-refractivity contribution is 7.09. The lowest BCUT2D eigenvalue weighted by Gasteiger charge is -2.33. The third-order valence-corrected chi connectivity index (χ3v) is 4.80. The molecule has 23 heavy (non-hydrogen) atoms. The molecule has 1 saturated heterocycles. The number of piperidine rings is 1. The van der Waals surface area contributed by atoms with Crippen LogP contribution in [0.1, 0.15) is 23.5 Å². The molecule has 1 N–H and O–H groups in total. The second-order valence-corrected chi connectivity index (χ2v) is 6.79. The third kappa shape index (κ3) is 4.42. The van der Waals surface area contributed by atoms with E-state index in [1.165, 1.54) is 5.69 Å². The molecular weight excluding hydrogens is 306 g/mol. The number of hydrogen-bond donors (Lipinski definition) is 1. The van der Waals surface area contributed by atoms with Crippen LogP contribution >= 0.6 is 11.3 Å². The van der Waals surface area contributed by atoms with Gasteiger partial charge in [-0.1, -0.05) is 18.2 Å². The van der Waals surface area contributed by atoms with Crippen LogP contribution in [0.4, 0.5) is 5.69 Å². The van der Waals surface area contributed by atoms with Crippen molar-refractivity contribution in [2.45, 2.75) is 25.8 Å². The minimum absolute atomic E-state index is 0.0335. The van der Waals surface area contributed by atoms with Gasteiger partial charge >= 0.3 is 0 Å². The third-order valence-electron chi connectivity index (χ3n) is 4.00. The van der Waals surface area contributed by atoms with Crippen LogP contribution in [-0.2, 0) is 4.79 Å². The van der Waals surface area contributed by atoms with Gasteiger partial charge in [0.05, 0.1) is 10.7 Å². The Balaban J connectivity index is 1.47. The second kappa shape index (κ2) is 7.42. The molecule has 4 nitrogen and oxygen atoms in total. The predicted octanol–water partition coefficient (Wildman–Crippen LogP) is 3.25. The minimum Gasteiger partial charge on any atom is -0.371 e. The number of aryl methyl sites for hydroxylation is 1. The van der Waals surface area contributed by atoms with E-state index in [4.69, 9.17) is 0 Å². The fourth-order valence-electron chi connectivity index (χ4n) is 2.79. The maximum absolute atomic E-state index is 12.0. The number of rotatable bonds is 4. The van der Waals surface area contributed by atoms with Gasteiger partial charge in [0.25, 0.3) is 0 Å². The highest BCUT2D eigenvalue weighted by atomic mass is 32.1. The normalized spacial score (nSPS) is 16.0. The Morgan fingerprint density at radius 3 is 2.70 bits per heavy atom. The Labute approximate surface area is 140 Å². The fourth-order valence-corrected chi connectivity index (χ4v) is 3.37. The highest BCUT2D eigenvalue weighted by Crippen LogP contribution is 2.19. The van der Waals surface area contributed by atoms with Crippen LogP contribution in [-0.4, -0.2) is 30.0 Å². The fraction of sp³-hybridized carbons (Fsp3) is 0.333. The first-order valence-electron chi connectivity index (χ1n) is 7.91. The number of benzene rings is 1. The van der Waals surface area contributed by atoms with Crippen LogP contribution < -0.4 is 10.2 Å². The van der Waals surface area contributed by atoms with Gasteiger partial charge in [-0.15, -0.1) is 11.3 Å². The molecule has 0 radical (unpaired) electrons. The molecule has 0 unspecified atom stereocenters. The van der Waals surface area contributed by atoms with Crippen LogP contribution in [0.25, 0.3) is 6.08 Å². The van der Waals surface area contributed by atoms with E-state index in [1.54, 1.807) is 23.5 Å². The molecule has 5 heteroatoms. The van der Waals surface area contributed by atoms with Crippen molar-refractivity contribution in [3.63, 3.8) is 0 Å². The van der Waals surface area contributed by atoms with Gasteiger partial charge in [-0.05, 0) is 38.0 Å². The zero-order chi connectivity index (χ0) is 16.1. The monoisotopic (exact) mass is 327 g/mol. The molecule has 1 aliphatic rings. The number of carbonyl (C=O) groups excluding carboxylic acids is 1. The Hall–Kier alpha value is -2.14. The van der Waals surface area contributed by atoms with Crippen LogP contribution in [0, 0.1) is 6.92 Å². The van der Waals surface area contributed by atoms with E-state index in [2.05, 4.69) is 39.5 Å². The SMILES string of the molecule is Cc1nc(/C=C\C(=O)NC2CCN(c3ccccc3)CC2)cs1. The maximum Gasteiger partial charge on any atom is 0.244 e. The molecule has 2 heterocycles. The van der Waals surface area contributed by atoms with Gasteiger partial charge in [0, 0.05) is 36.3 Å². The Morgan fingerprint density at radius 2 is 2.04 bits per heavy atom. The molecule has 2 aromatic rings. The molecule has 0 saturated carbocycles. The number of nitrogens with zero attached hydrogens (tertiary/aromatic N) is 2. The van der Waals surface area contributed by atoms with Gasteiger partial charge in [-0.2, -0.15) is 0 Å². The van der Waals surface area contributed by atoms with E-state index in [9.17, 15) is 4.79 Å². The zero-order valence-corrected chi connectivity index (χ0v) is 14.1. The maximum atomic E-state index is 12.0. The van der Waals surface area contributed by atoms with E-state index < -0.39 is 0 Å². The average molecular weight is 327 g/mol. The lowest BCUT2D eigenvalue weighted by Crippen LogP contribution is -2.44. The van der Waals surface area contributed by atoms with E-state index >= 15 is 0 Å². The predicted molar refractivity (Wildman–Crippen MR) is 95.7 cm³/mol. The summed E-state index contributed by atoms with van der Waals surface area (Å²) in [5.74, 6) is -0.0335. The summed E-state index contributed by atoms with van der Waals surface area (Å²) in [5.41, 5.74) is 2.11. The molecule has 3 rings (SSSR count). The van der Waals surface area contributed by atoms with Crippen molar-refractivity contribution in [1.82, 2.24) is 10.3 Å².